The Morgan fingerprint density at radius 2 is 2.05 bits per heavy atom. The molecular formula is C14H12N6O. The highest BCUT2D eigenvalue weighted by molar-refractivity contribution is 6.03. The maximum Gasteiger partial charge on any atom is 0.275 e. The summed E-state index contributed by atoms with van der Waals surface area (Å²) < 4.78 is 1.58. The van der Waals surface area contributed by atoms with Crippen LogP contribution in [0.15, 0.2) is 49.3 Å². The molecule has 0 aliphatic heterocycles. The molecule has 0 radical (unpaired) electrons. The monoisotopic (exact) mass is 280 g/mol. The Bertz CT molecular complexity index is 751. The van der Waals surface area contributed by atoms with Crippen LogP contribution < -0.4 is 5.32 Å². The second kappa shape index (κ2) is 5.49. The number of carbonyl (C=O) groups excluding carboxylic acids is 1. The van der Waals surface area contributed by atoms with Crippen LogP contribution in [0, 0.1) is 6.92 Å². The molecule has 0 atom stereocenters. The van der Waals surface area contributed by atoms with Crippen LogP contribution in [-0.2, 0) is 0 Å². The van der Waals surface area contributed by atoms with Crippen LogP contribution in [-0.4, -0.2) is 30.6 Å². The Hall–Kier alpha value is -3.09. The molecule has 21 heavy (non-hydrogen) atoms. The highest BCUT2D eigenvalue weighted by atomic mass is 16.1. The van der Waals surface area contributed by atoms with Gasteiger partial charge >= 0.3 is 0 Å². The number of nitrogens with zero attached hydrogens (tertiary/aromatic N) is 5. The number of aryl methyl sites for hydroxylation is 1. The molecule has 0 bridgehead atoms. The Balaban J connectivity index is 1.88. The minimum absolute atomic E-state index is 0.258. The molecule has 0 saturated heterocycles. The summed E-state index contributed by atoms with van der Waals surface area (Å²) in [5, 5.41) is 6.87. The average molecular weight is 280 g/mol. The van der Waals surface area contributed by atoms with Gasteiger partial charge in [0.05, 0.1) is 23.3 Å². The van der Waals surface area contributed by atoms with Crippen molar-refractivity contribution in [2.45, 2.75) is 6.92 Å². The van der Waals surface area contributed by atoms with Gasteiger partial charge in [0.1, 0.15) is 18.3 Å². The zero-order chi connectivity index (χ0) is 14.7. The van der Waals surface area contributed by atoms with Gasteiger partial charge in [0.15, 0.2) is 0 Å². The van der Waals surface area contributed by atoms with Crippen molar-refractivity contribution in [2.75, 3.05) is 5.32 Å². The summed E-state index contributed by atoms with van der Waals surface area (Å²) in [6.45, 7) is 1.81. The van der Waals surface area contributed by atoms with Crippen molar-refractivity contribution in [3.63, 3.8) is 0 Å². The number of anilines is 1. The van der Waals surface area contributed by atoms with Crippen molar-refractivity contribution in [1.29, 1.82) is 0 Å². The fourth-order valence-electron chi connectivity index (χ4n) is 1.81. The van der Waals surface area contributed by atoms with Gasteiger partial charge in [-0.1, -0.05) is 12.1 Å². The molecule has 0 fully saturated rings. The Morgan fingerprint density at radius 3 is 2.76 bits per heavy atom. The maximum absolute atomic E-state index is 12.2. The van der Waals surface area contributed by atoms with E-state index in [0.717, 1.165) is 11.4 Å². The third-order valence-electron chi connectivity index (χ3n) is 2.83. The minimum atomic E-state index is -0.324. The molecule has 7 heteroatoms. The molecule has 1 amide bonds. The summed E-state index contributed by atoms with van der Waals surface area (Å²) in [5.41, 5.74) is 2.36. The summed E-state index contributed by atoms with van der Waals surface area (Å²) in [6.07, 6.45) is 6.00. The lowest BCUT2D eigenvalue weighted by molar-refractivity contribution is 0.102. The van der Waals surface area contributed by atoms with E-state index in [1.165, 1.54) is 12.5 Å². The van der Waals surface area contributed by atoms with Crippen LogP contribution in [0.25, 0.3) is 5.69 Å². The van der Waals surface area contributed by atoms with Crippen LogP contribution in [0.2, 0.25) is 0 Å². The van der Waals surface area contributed by atoms with E-state index in [4.69, 9.17) is 0 Å². The van der Waals surface area contributed by atoms with E-state index in [-0.39, 0.29) is 11.6 Å². The van der Waals surface area contributed by atoms with Gasteiger partial charge in [0, 0.05) is 6.20 Å². The van der Waals surface area contributed by atoms with Gasteiger partial charge < -0.3 is 5.32 Å². The molecule has 0 unspecified atom stereocenters. The summed E-state index contributed by atoms with van der Waals surface area (Å²) in [6, 6.07) is 7.32. The number of nitrogens with one attached hydrogen (secondary N) is 1. The number of carbonyl (C=O) groups is 1. The zero-order valence-corrected chi connectivity index (χ0v) is 11.3. The van der Waals surface area contributed by atoms with E-state index < -0.39 is 0 Å². The van der Waals surface area contributed by atoms with Gasteiger partial charge in [-0.05, 0) is 19.1 Å². The third kappa shape index (κ3) is 2.76. The van der Waals surface area contributed by atoms with Crippen LogP contribution in [0.1, 0.15) is 16.2 Å². The smallest absolute Gasteiger partial charge is 0.275 e. The lowest BCUT2D eigenvalue weighted by atomic mass is 10.2. The minimum Gasteiger partial charge on any atom is -0.319 e. The average Bonchev–Trinajstić information content (AvgIpc) is 3.02. The lowest BCUT2D eigenvalue weighted by Crippen LogP contribution is -2.15. The topological polar surface area (TPSA) is 85.6 Å². The molecule has 104 valence electrons. The summed E-state index contributed by atoms with van der Waals surface area (Å²) in [5.74, 6) is -0.324. The quantitative estimate of drug-likeness (QED) is 0.788. The van der Waals surface area contributed by atoms with Gasteiger partial charge in [0.2, 0.25) is 0 Å². The van der Waals surface area contributed by atoms with Gasteiger partial charge in [-0.3, -0.25) is 9.78 Å². The highest BCUT2D eigenvalue weighted by Gasteiger charge is 2.11. The number of amides is 1. The fraction of sp³-hybridized carbons (Fsp3) is 0.0714. The molecule has 2 heterocycles. The normalized spacial score (nSPS) is 10.3. The standard InChI is InChI=1S/C14H12N6O/c1-10-6-17-12(7-16-10)14(21)19-11-4-2-3-5-13(11)20-9-15-8-18-20/h2-9H,1H3,(H,19,21). The van der Waals surface area contributed by atoms with E-state index in [9.17, 15) is 4.79 Å². The number of rotatable bonds is 3. The predicted molar refractivity (Wildman–Crippen MR) is 76.1 cm³/mol. The molecule has 1 N–H and O–H groups in total. The second-order valence-electron chi connectivity index (χ2n) is 4.35. The Morgan fingerprint density at radius 1 is 1.19 bits per heavy atom. The molecule has 7 nitrogen and oxygen atoms in total. The van der Waals surface area contributed by atoms with E-state index in [1.54, 1.807) is 23.3 Å². The van der Waals surface area contributed by atoms with E-state index in [2.05, 4.69) is 25.4 Å². The predicted octanol–water partition coefficient (Wildman–Crippen LogP) is 1.62. The summed E-state index contributed by atoms with van der Waals surface area (Å²) in [7, 11) is 0. The van der Waals surface area contributed by atoms with Crippen molar-refractivity contribution in [1.82, 2.24) is 24.7 Å². The first-order valence-electron chi connectivity index (χ1n) is 6.28. The molecule has 3 aromatic rings. The van der Waals surface area contributed by atoms with Crippen LogP contribution in [0.5, 0.6) is 0 Å². The van der Waals surface area contributed by atoms with Crippen molar-refractivity contribution in [3.05, 3.63) is 60.7 Å². The maximum atomic E-state index is 12.2. The molecular weight excluding hydrogens is 268 g/mol. The molecule has 0 spiro atoms. The second-order valence-corrected chi connectivity index (χ2v) is 4.35. The van der Waals surface area contributed by atoms with E-state index >= 15 is 0 Å². The SMILES string of the molecule is Cc1cnc(C(=O)Nc2ccccc2-n2cncn2)cn1. The number of para-hydroxylation sites is 2. The van der Waals surface area contributed by atoms with E-state index in [0.29, 0.717) is 5.69 Å². The van der Waals surface area contributed by atoms with Crippen molar-refractivity contribution >= 4 is 11.6 Å². The van der Waals surface area contributed by atoms with Gasteiger partial charge in [-0.15, -0.1) is 0 Å². The number of hydrogen-bond acceptors (Lipinski definition) is 5. The van der Waals surface area contributed by atoms with Gasteiger partial charge in [-0.25, -0.2) is 14.6 Å². The fourth-order valence-corrected chi connectivity index (χ4v) is 1.81. The first-order valence-corrected chi connectivity index (χ1v) is 6.28. The van der Waals surface area contributed by atoms with Crippen molar-refractivity contribution in [3.8, 4) is 5.69 Å². The molecule has 3 rings (SSSR count). The number of benzene rings is 1. The van der Waals surface area contributed by atoms with Crippen LogP contribution in [0.4, 0.5) is 5.69 Å². The first-order chi connectivity index (χ1) is 10.2. The van der Waals surface area contributed by atoms with Gasteiger partial charge in [0.25, 0.3) is 5.91 Å². The molecule has 0 aliphatic carbocycles. The molecule has 0 saturated carbocycles. The van der Waals surface area contributed by atoms with Crippen molar-refractivity contribution in [2.24, 2.45) is 0 Å². The lowest BCUT2D eigenvalue weighted by Gasteiger charge is -2.10. The number of aromatic nitrogens is 5. The Kier molecular flexibility index (Phi) is 3.38. The van der Waals surface area contributed by atoms with Crippen molar-refractivity contribution < 1.29 is 4.79 Å². The van der Waals surface area contributed by atoms with Crippen LogP contribution >= 0.6 is 0 Å². The zero-order valence-electron chi connectivity index (χ0n) is 11.3. The van der Waals surface area contributed by atoms with Crippen LogP contribution in [0.3, 0.4) is 0 Å². The first kappa shape index (κ1) is 12.9. The summed E-state index contributed by atoms with van der Waals surface area (Å²) in [4.78, 5) is 24.2. The number of hydrogen-bond donors (Lipinski definition) is 1. The molecule has 1 aromatic carbocycles. The molecule has 2 aromatic heterocycles. The van der Waals surface area contributed by atoms with E-state index in [1.807, 2.05) is 25.1 Å². The van der Waals surface area contributed by atoms with Gasteiger partial charge in [-0.2, -0.15) is 5.10 Å². The largest absolute Gasteiger partial charge is 0.319 e. The highest BCUT2D eigenvalue weighted by Crippen LogP contribution is 2.19. The Labute approximate surface area is 120 Å². The third-order valence-corrected chi connectivity index (χ3v) is 2.83. The molecule has 0 aliphatic rings. The summed E-state index contributed by atoms with van der Waals surface area (Å²) >= 11 is 0.